The lowest BCUT2D eigenvalue weighted by molar-refractivity contribution is -0.123. The summed E-state index contributed by atoms with van der Waals surface area (Å²) in [5.41, 5.74) is 1.42. The predicted molar refractivity (Wildman–Crippen MR) is 141 cm³/mol. The zero-order valence-corrected chi connectivity index (χ0v) is 21.7. The highest BCUT2D eigenvalue weighted by molar-refractivity contribution is 5.78. The second-order valence-electron chi connectivity index (χ2n) is 9.61. The molecule has 2 amide bonds. The molecule has 12 heteroatoms. The number of carbonyl (C=O) groups excluding carboxylic acids is 2. The van der Waals surface area contributed by atoms with E-state index in [4.69, 9.17) is 4.74 Å². The number of nitrogens with one attached hydrogen (secondary N) is 2. The van der Waals surface area contributed by atoms with Gasteiger partial charge in [0, 0.05) is 64.0 Å². The Kier molecular flexibility index (Phi) is 9.55. The number of hydrogen-bond donors (Lipinski definition) is 2. The molecular weight excluding hydrogens is 491 g/mol. The lowest BCUT2D eigenvalue weighted by Gasteiger charge is -2.35. The number of benzene rings is 1. The van der Waals surface area contributed by atoms with E-state index in [1.165, 1.54) is 12.1 Å². The van der Waals surface area contributed by atoms with Crippen molar-refractivity contribution in [2.45, 2.75) is 25.8 Å². The summed E-state index contributed by atoms with van der Waals surface area (Å²) in [5, 5.41) is 14.1. The molecule has 2 fully saturated rings. The molecule has 204 valence electrons. The summed E-state index contributed by atoms with van der Waals surface area (Å²) >= 11 is 0. The van der Waals surface area contributed by atoms with Gasteiger partial charge in [0.05, 0.1) is 24.2 Å². The molecular formula is C26H35FN8O3. The number of hydrogen-bond acceptors (Lipinski definition) is 9. The third kappa shape index (κ3) is 8.18. The van der Waals surface area contributed by atoms with Gasteiger partial charge in [-0.05, 0) is 44.0 Å². The van der Waals surface area contributed by atoms with Crippen LogP contribution in [0, 0.1) is 5.82 Å². The summed E-state index contributed by atoms with van der Waals surface area (Å²) < 4.78 is 18.1. The van der Waals surface area contributed by atoms with Crippen LogP contribution in [-0.2, 0) is 9.53 Å². The molecule has 2 aliphatic heterocycles. The third-order valence-corrected chi connectivity index (χ3v) is 6.63. The number of alkyl carbamates (subject to hydrolysis) is 1. The number of anilines is 1. The van der Waals surface area contributed by atoms with Gasteiger partial charge in [0.15, 0.2) is 0 Å². The highest BCUT2D eigenvalue weighted by atomic mass is 19.1. The molecule has 2 aromatic rings. The van der Waals surface area contributed by atoms with Crippen LogP contribution in [0.25, 0.3) is 11.3 Å². The van der Waals surface area contributed by atoms with Crippen LogP contribution in [0.3, 0.4) is 0 Å². The normalized spacial score (nSPS) is 17.2. The third-order valence-electron chi connectivity index (χ3n) is 6.63. The summed E-state index contributed by atoms with van der Waals surface area (Å²) in [6.45, 7) is 11.3. The Balaban J connectivity index is 1.14. The van der Waals surface area contributed by atoms with Crippen molar-refractivity contribution in [1.29, 1.82) is 0 Å². The lowest BCUT2D eigenvalue weighted by Crippen LogP contribution is -2.52. The highest BCUT2D eigenvalue weighted by Crippen LogP contribution is 2.19. The molecule has 2 aliphatic rings. The number of likely N-dealkylation sites (tertiary alicyclic amines) is 1. The summed E-state index contributed by atoms with van der Waals surface area (Å²) in [6, 6.07) is 6.30. The van der Waals surface area contributed by atoms with E-state index in [-0.39, 0.29) is 17.8 Å². The van der Waals surface area contributed by atoms with E-state index in [2.05, 4.69) is 47.1 Å². The van der Waals surface area contributed by atoms with Crippen molar-refractivity contribution in [2.75, 3.05) is 63.8 Å². The van der Waals surface area contributed by atoms with Crippen molar-refractivity contribution in [1.82, 2.24) is 35.6 Å². The summed E-state index contributed by atoms with van der Waals surface area (Å²) in [4.78, 5) is 35.2. The SMILES string of the molecule is C=C(C)OC(=O)NCCN1CCC(NC(=O)CN2CCN(c3nncc(-c4ccc(F)cc4)n3)CC2)CC1. The topological polar surface area (TPSA) is 116 Å². The van der Waals surface area contributed by atoms with Crippen molar-refractivity contribution in [3.8, 4) is 11.3 Å². The van der Waals surface area contributed by atoms with Gasteiger partial charge >= 0.3 is 6.09 Å². The van der Waals surface area contributed by atoms with Crippen molar-refractivity contribution >= 4 is 17.9 Å². The van der Waals surface area contributed by atoms with E-state index >= 15 is 0 Å². The van der Waals surface area contributed by atoms with Crippen molar-refractivity contribution < 1.29 is 18.7 Å². The molecule has 0 atom stereocenters. The van der Waals surface area contributed by atoms with Crippen LogP contribution in [0.15, 0.2) is 42.8 Å². The van der Waals surface area contributed by atoms with Crippen molar-refractivity contribution in [2.24, 2.45) is 0 Å². The average molecular weight is 527 g/mol. The second-order valence-corrected chi connectivity index (χ2v) is 9.61. The fourth-order valence-electron chi connectivity index (χ4n) is 4.58. The average Bonchev–Trinajstić information content (AvgIpc) is 2.90. The van der Waals surface area contributed by atoms with Gasteiger partial charge < -0.3 is 25.2 Å². The zero-order valence-electron chi connectivity index (χ0n) is 21.7. The number of aromatic nitrogens is 3. The first-order valence-electron chi connectivity index (χ1n) is 12.9. The summed E-state index contributed by atoms with van der Waals surface area (Å²) in [5.74, 6) is 0.637. The number of piperazine rings is 1. The van der Waals surface area contributed by atoms with E-state index < -0.39 is 6.09 Å². The number of allylic oxidation sites excluding steroid dienone is 1. The first kappa shape index (κ1) is 27.4. The Morgan fingerprint density at radius 1 is 1.08 bits per heavy atom. The molecule has 0 radical (unpaired) electrons. The Bertz CT molecular complexity index is 1100. The minimum Gasteiger partial charge on any atom is -0.416 e. The molecule has 0 saturated carbocycles. The van der Waals surface area contributed by atoms with Gasteiger partial charge in [-0.1, -0.05) is 6.58 Å². The van der Waals surface area contributed by atoms with Crippen LogP contribution in [0.1, 0.15) is 19.8 Å². The van der Waals surface area contributed by atoms with Crippen molar-refractivity contribution in [3.63, 3.8) is 0 Å². The fraction of sp³-hybridized carbons (Fsp3) is 0.500. The molecule has 4 rings (SSSR count). The molecule has 2 N–H and O–H groups in total. The predicted octanol–water partition coefficient (Wildman–Crippen LogP) is 1.64. The molecule has 0 unspecified atom stereocenters. The molecule has 0 aliphatic carbocycles. The standard InChI is InChI=1S/C26H35FN8O3/c1-19(2)38-26(37)28-9-12-33-10-7-22(8-11-33)30-24(36)18-34-13-15-35(16-14-34)25-31-23(17-29-32-25)20-3-5-21(27)6-4-20/h3-6,17,22H,1,7-16,18H2,2H3,(H,28,37)(H,30,36). The minimum absolute atomic E-state index is 0.0392. The molecule has 1 aromatic carbocycles. The zero-order chi connectivity index (χ0) is 26.9. The maximum atomic E-state index is 13.2. The number of amides is 2. The largest absolute Gasteiger partial charge is 0.416 e. The fourth-order valence-corrected chi connectivity index (χ4v) is 4.58. The van der Waals surface area contributed by atoms with Crippen molar-refractivity contribution in [3.05, 3.63) is 48.6 Å². The second kappa shape index (κ2) is 13.2. The molecule has 11 nitrogen and oxygen atoms in total. The monoisotopic (exact) mass is 526 g/mol. The maximum absolute atomic E-state index is 13.2. The van der Waals surface area contributed by atoms with Gasteiger partial charge in [0.2, 0.25) is 11.9 Å². The molecule has 0 bridgehead atoms. The molecule has 1 aromatic heterocycles. The number of rotatable bonds is 9. The van der Waals surface area contributed by atoms with Crippen LogP contribution in [0.5, 0.6) is 0 Å². The molecule has 0 spiro atoms. The summed E-state index contributed by atoms with van der Waals surface area (Å²) in [7, 11) is 0. The van der Waals surface area contributed by atoms with Crippen LogP contribution in [-0.4, -0.2) is 102 Å². The molecule has 38 heavy (non-hydrogen) atoms. The number of piperidine rings is 1. The van der Waals surface area contributed by atoms with Crippen LogP contribution >= 0.6 is 0 Å². The first-order chi connectivity index (χ1) is 18.4. The van der Waals surface area contributed by atoms with Gasteiger partial charge in [-0.25, -0.2) is 14.2 Å². The van der Waals surface area contributed by atoms with E-state index in [0.29, 0.717) is 43.6 Å². The van der Waals surface area contributed by atoms with Crippen LogP contribution < -0.4 is 15.5 Å². The minimum atomic E-state index is -0.483. The highest BCUT2D eigenvalue weighted by Gasteiger charge is 2.24. The number of carbonyl (C=O) groups is 2. The van der Waals surface area contributed by atoms with Crippen LogP contribution in [0.4, 0.5) is 15.1 Å². The summed E-state index contributed by atoms with van der Waals surface area (Å²) in [6.07, 6.45) is 2.84. The van der Waals surface area contributed by atoms with E-state index in [9.17, 15) is 14.0 Å². The first-order valence-corrected chi connectivity index (χ1v) is 12.9. The molecule has 3 heterocycles. The van der Waals surface area contributed by atoms with Gasteiger partial charge in [-0.15, -0.1) is 5.10 Å². The van der Waals surface area contributed by atoms with Gasteiger partial charge in [-0.2, -0.15) is 5.10 Å². The van der Waals surface area contributed by atoms with Gasteiger partial charge in [-0.3, -0.25) is 9.69 Å². The number of halogens is 1. The Morgan fingerprint density at radius 3 is 2.47 bits per heavy atom. The lowest BCUT2D eigenvalue weighted by atomic mass is 10.1. The van der Waals surface area contributed by atoms with Crippen LogP contribution in [0.2, 0.25) is 0 Å². The maximum Gasteiger partial charge on any atom is 0.412 e. The smallest absolute Gasteiger partial charge is 0.412 e. The number of nitrogens with zero attached hydrogens (tertiary/aromatic N) is 6. The Labute approximate surface area is 222 Å². The van der Waals surface area contributed by atoms with E-state index in [0.717, 1.165) is 51.1 Å². The van der Waals surface area contributed by atoms with Gasteiger partial charge in [0.1, 0.15) is 5.82 Å². The van der Waals surface area contributed by atoms with E-state index in [1.54, 1.807) is 25.3 Å². The molecule has 2 saturated heterocycles. The Morgan fingerprint density at radius 2 is 1.79 bits per heavy atom. The Hall–Kier alpha value is -3.64. The van der Waals surface area contributed by atoms with E-state index in [1.807, 2.05) is 0 Å². The quantitative estimate of drug-likeness (QED) is 0.471. The van der Waals surface area contributed by atoms with Gasteiger partial charge in [0.25, 0.3) is 0 Å². The number of ether oxygens (including phenoxy) is 1.